The molecule has 2 bridgehead atoms. The monoisotopic (exact) mass is 591 g/mol. The van der Waals surface area contributed by atoms with Crippen molar-refractivity contribution in [3.05, 3.63) is 76.4 Å². The number of benzene rings is 1. The average Bonchev–Trinajstić information content (AvgIpc) is 3.61. The first-order chi connectivity index (χ1) is 19.7. The second kappa shape index (κ2) is 12.0. The number of nitrogens with zero attached hydrogens (tertiary/aromatic N) is 7. The summed E-state index contributed by atoms with van der Waals surface area (Å²) < 4.78 is 1.48. The van der Waals surface area contributed by atoms with Crippen LogP contribution in [0.15, 0.2) is 60.0 Å². The Labute approximate surface area is 246 Å². The van der Waals surface area contributed by atoms with Crippen LogP contribution in [-0.4, -0.2) is 60.7 Å². The number of H-pyrrole nitrogens is 1. The summed E-state index contributed by atoms with van der Waals surface area (Å²) in [6.07, 6.45) is 8.15. The maximum atomic E-state index is 13.7. The van der Waals surface area contributed by atoms with Crippen molar-refractivity contribution >= 4 is 53.1 Å². The molecule has 3 aromatic heterocycles. The summed E-state index contributed by atoms with van der Waals surface area (Å²) in [5, 5.41) is 18.6. The van der Waals surface area contributed by atoms with E-state index < -0.39 is 0 Å². The fraction of sp³-hybridized carbons (Fsp3) is 0.250. The summed E-state index contributed by atoms with van der Waals surface area (Å²) >= 11 is 12.3. The second-order valence-corrected chi connectivity index (χ2v) is 10.6. The number of hydrogen-bond donors (Lipinski definition) is 2. The van der Waals surface area contributed by atoms with Gasteiger partial charge in [-0.25, -0.2) is 4.68 Å². The lowest BCUT2D eigenvalue weighted by molar-refractivity contribution is -0.127. The molecule has 0 saturated heterocycles. The minimum absolute atomic E-state index is 0.0842. The van der Waals surface area contributed by atoms with Gasteiger partial charge in [0, 0.05) is 41.4 Å². The van der Waals surface area contributed by atoms with Crippen LogP contribution >= 0.6 is 23.2 Å². The van der Waals surface area contributed by atoms with Crippen LogP contribution < -0.4 is 5.32 Å². The van der Waals surface area contributed by atoms with Gasteiger partial charge in [-0.15, -0.1) is 5.10 Å². The Bertz CT molecular complexity index is 1640. The number of aliphatic imine (C=N–C) groups is 1. The Morgan fingerprint density at radius 3 is 2.83 bits per heavy atom. The molecular formula is C28H27Cl2N9O2. The number of carbonyl (C=O) groups is 2. The van der Waals surface area contributed by atoms with Crippen LogP contribution in [0.4, 0.5) is 5.69 Å². The Balaban J connectivity index is 1.51. The highest BCUT2D eigenvalue weighted by molar-refractivity contribution is 6.31. The number of rotatable bonds is 5. The van der Waals surface area contributed by atoms with Crippen LogP contribution in [0.5, 0.6) is 0 Å². The summed E-state index contributed by atoms with van der Waals surface area (Å²) in [6, 6.07) is 8.47. The van der Waals surface area contributed by atoms with E-state index in [2.05, 4.69) is 42.5 Å². The average molecular weight is 592 g/mol. The number of aromatic amines is 1. The molecule has 0 saturated carbocycles. The van der Waals surface area contributed by atoms with Gasteiger partial charge < -0.3 is 10.2 Å². The van der Waals surface area contributed by atoms with Crippen LogP contribution in [0.2, 0.25) is 10.2 Å². The van der Waals surface area contributed by atoms with Crippen LogP contribution in [0.1, 0.15) is 43.5 Å². The largest absolute Gasteiger partial charge is 0.334 e. The Hall–Kier alpha value is -4.35. The van der Waals surface area contributed by atoms with Crippen molar-refractivity contribution in [3.8, 4) is 16.9 Å². The molecule has 5 rings (SSSR count). The fourth-order valence-electron chi connectivity index (χ4n) is 4.79. The standard InChI is InChI=1S/C28H27Cl2N9O2/c1-16-5-4-6-24(21-11-17(9-10-32-21)27-22(14-33-36-27)34-28(16)41)38(3)26(40)13-20(31-2)19-12-18(29)7-8-23(19)39-15-25(30)35-37-39/h7-16,24H,2,4-6H2,1,3H3,(H,33,36)(H,34,41)/b20-13-/t16-,24+/m1/s1. The summed E-state index contributed by atoms with van der Waals surface area (Å²) in [5.41, 5.74) is 4.17. The van der Waals surface area contributed by atoms with Gasteiger partial charge in [-0.1, -0.05) is 41.8 Å². The van der Waals surface area contributed by atoms with Crippen LogP contribution in [0.3, 0.4) is 0 Å². The molecule has 1 aromatic carbocycles. The third-order valence-corrected chi connectivity index (χ3v) is 7.47. The number of fused-ring (bicyclic) bond motifs is 4. The van der Waals surface area contributed by atoms with Gasteiger partial charge in [0.2, 0.25) is 11.8 Å². The predicted octanol–water partition coefficient (Wildman–Crippen LogP) is 5.36. The van der Waals surface area contributed by atoms with Gasteiger partial charge >= 0.3 is 0 Å². The van der Waals surface area contributed by atoms with Crippen LogP contribution in [-0.2, 0) is 9.59 Å². The minimum atomic E-state index is -0.376. The first-order valence-electron chi connectivity index (χ1n) is 12.9. The molecule has 0 spiro atoms. The van der Waals surface area contributed by atoms with Gasteiger partial charge in [0.1, 0.15) is 0 Å². The van der Waals surface area contributed by atoms with E-state index in [-0.39, 0.29) is 28.9 Å². The third-order valence-electron chi connectivity index (χ3n) is 7.06. The lowest BCUT2D eigenvalue weighted by Crippen LogP contribution is -2.31. The molecule has 11 nitrogen and oxygen atoms in total. The van der Waals surface area contributed by atoms with Crippen molar-refractivity contribution in [1.29, 1.82) is 0 Å². The van der Waals surface area contributed by atoms with E-state index >= 15 is 0 Å². The number of likely N-dealkylation sites (N-methyl/N-ethyl adjacent to an activating group) is 1. The van der Waals surface area contributed by atoms with Gasteiger partial charge in [-0.05, 0) is 49.9 Å². The van der Waals surface area contributed by atoms with E-state index in [1.54, 1.807) is 48.7 Å². The van der Waals surface area contributed by atoms with E-state index in [1.807, 2.05) is 19.1 Å². The van der Waals surface area contributed by atoms with E-state index in [1.165, 1.54) is 10.8 Å². The number of halogens is 2. The Morgan fingerprint density at radius 1 is 1.24 bits per heavy atom. The van der Waals surface area contributed by atoms with Crippen molar-refractivity contribution < 1.29 is 9.59 Å². The molecule has 13 heteroatoms. The summed E-state index contributed by atoms with van der Waals surface area (Å²) in [4.78, 5) is 36.9. The van der Waals surface area contributed by atoms with Gasteiger partial charge in [0.25, 0.3) is 0 Å². The number of amides is 2. The van der Waals surface area contributed by atoms with Gasteiger partial charge in [0.05, 0.1) is 46.9 Å². The van der Waals surface area contributed by atoms with Gasteiger partial charge in [-0.2, -0.15) is 5.10 Å². The quantitative estimate of drug-likeness (QED) is 0.237. The zero-order valence-corrected chi connectivity index (χ0v) is 23.9. The molecular weight excluding hydrogens is 565 g/mol. The van der Waals surface area contributed by atoms with Crippen LogP contribution in [0, 0.1) is 5.92 Å². The summed E-state index contributed by atoms with van der Waals surface area (Å²) in [6.45, 7) is 5.58. The van der Waals surface area contributed by atoms with Crippen molar-refractivity contribution in [3.63, 3.8) is 0 Å². The first-order valence-corrected chi connectivity index (χ1v) is 13.6. The summed E-state index contributed by atoms with van der Waals surface area (Å²) in [5.74, 6) is -0.625. The Morgan fingerprint density at radius 2 is 2.07 bits per heavy atom. The van der Waals surface area contributed by atoms with Crippen molar-refractivity contribution in [2.45, 2.75) is 32.2 Å². The summed E-state index contributed by atoms with van der Waals surface area (Å²) in [7, 11) is 1.72. The first kappa shape index (κ1) is 28.2. The molecule has 2 N–H and O–H groups in total. The zero-order valence-electron chi connectivity index (χ0n) is 22.4. The van der Waals surface area contributed by atoms with E-state index in [4.69, 9.17) is 23.2 Å². The molecule has 41 heavy (non-hydrogen) atoms. The van der Waals surface area contributed by atoms with Crippen molar-refractivity contribution in [2.75, 3.05) is 12.4 Å². The maximum Gasteiger partial charge on any atom is 0.249 e. The number of pyridine rings is 1. The molecule has 1 aliphatic heterocycles. The molecule has 1 aliphatic rings. The number of aromatic nitrogens is 6. The molecule has 210 valence electrons. The molecule has 4 aromatic rings. The molecule has 0 aliphatic carbocycles. The fourth-order valence-corrected chi connectivity index (χ4v) is 5.09. The number of carbonyl (C=O) groups excluding carboxylic acids is 2. The lowest BCUT2D eigenvalue weighted by Gasteiger charge is -2.28. The molecule has 2 amide bonds. The SMILES string of the molecule is C=N/C(=C\C(=O)N(C)[C@H]1CCC[C@@H](C)C(=O)Nc2cn[nH]c2-c2ccnc1c2)c1cc(Cl)ccc1-n1cc(Cl)nn1. The Kier molecular flexibility index (Phi) is 8.27. The number of anilines is 1. The van der Waals surface area contributed by atoms with Gasteiger partial charge in [0.15, 0.2) is 5.15 Å². The van der Waals surface area contributed by atoms with Crippen molar-refractivity contribution in [1.82, 2.24) is 35.1 Å². The van der Waals surface area contributed by atoms with E-state index in [0.29, 0.717) is 58.3 Å². The normalized spacial score (nSPS) is 17.6. The molecule has 0 radical (unpaired) electrons. The highest BCUT2D eigenvalue weighted by Gasteiger charge is 2.26. The second-order valence-electron chi connectivity index (χ2n) is 9.75. The van der Waals surface area contributed by atoms with E-state index in [9.17, 15) is 9.59 Å². The van der Waals surface area contributed by atoms with Gasteiger partial charge in [-0.3, -0.25) is 24.7 Å². The maximum absolute atomic E-state index is 13.7. The molecule has 4 heterocycles. The van der Waals surface area contributed by atoms with E-state index in [0.717, 1.165) is 5.56 Å². The van der Waals surface area contributed by atoms with Crippen LogP contribution in [0.25, 0.3) is 22.6 Å². The highest BCUT2D eigenvalue weighted by Crippen LogP contribution is 2.33. The minimum Gasteiger partial charge on any atom is -0.334 e. The molecule has 0 unspecified atom stereocenters. The predicted molar refractivity (Wildman–Crippen MR) is 158 cm³/mol. The number of hydrogen-bond acceptors (Lipinski definition) is 7. The molecule has 0 fully saturated rings. The number of nitrogens with one attached hydrogen (secondary N) is 2. The third kappa shape index (κ3) is 6.06. The topological polar surface area (TPSA) is 134 Å². The van der Waals surface area contributed by atoms with Crippen molar-refractivity contribution in [2.24, 2.45) is 10.9 Å². The zero-order chi connectivity index (χ0) is 29.1. The lowest BCUT2D eigenvalue weighted by atomic mass is 9.96. The smallest absolute Gasteiger partial charge is 0.249 e. The highest BCUT2D eigenvalue weighted by atomic mass is 35.5. The molecule has 2 atom stereocenters.